The summed E-state index contributed by atoms with van der Waals surface area (Å²) in [7, 11) is 0. The molecule has 5 nitrogen and oxygen atoms in total. The van der Waals surface area contributed by atoms with Crippen LogP contribution in [0.25, 0.3) is 0 Å². The lowest BCUT2D eigenvalue weighted by Crippen LogP contribution is -2.45. The maximum absolute atomic E-state index is 6.13. The van der Waals surface area contributed by atoms with Crippen LogP contribution in [0.15, 0.2) is 24.3 Å². The molecular weight excluding hydrogens is 324 g/mol. The Labute approximate surface area is 147 Å². The Morgan fingerprint density at radius 2 is 2.21 bits per heavy atom. The lowest BCUT2D eigenvalue weighted by atomic mass is 10.1. The summed E-state index contributed by atoms with van der Waals surface area (Å²) >= 11 is 6.13. The average Bonchev–Trinajstić information content (AvgIpc) is 3.00. The molecule has 0 radical (unpaired) electrons. The molecule has 24 heavy (non-hydrogen) atoms. The standard InChI is InChI=1S/C18H23ClN4O/c1-13-12-24-16(14-5-4-6-15(19)9-14)10-22(13)11-18-21-20-17-7-2-3-8-23(17)18/h4-6,9,13,16H,2-3,7-8,10-12H2,1H3/t13-,16+/m1/s1. The van der Waals surface area contributed by atoms with Gasteiger partial charge in [-0.05, 0) is 37.5 Å². The molecule has 2 aliphatic rings. The molecule has 2 aromatic rings. The summed E-state index contributed by atoms with van der Waals surface area (Å²) in [4.78, 5) is 2.45. The fraction of sp³-hybridized carbons (Fsp3) is 0.556. The number of morpholine rings is 1. The van der Waals surface area contributed by atoms with Gasteiger partial charge in [0.25, 0.3) is 0 Å². The van der Waals surface area contributed by atoms with Crippen LogP contribution < -0.4 is 0 Å². The van der Waals surface area contributed by atoms with E-state index in [9.17, 15) is 0 Å². The van der Waals surface area contributed by atoms with Crippen LogP contribution in [0.3, 0.4) is 0 Å². The summed E-state index contributed by atoms with van der Waals surface area (Å²) < 4.78 is 8.36. The highest BCUT2D eigenvalue weighted by Crippen LogP contribution is 2.28. The second-order valence-electron chi connectivity index (χ2n) is 6.80. The van der Waals surface area contributed by atoms with Gasteiger partial charge in [0, 0.05) is 30.6 Å². The Balaban J connectivity index is 1.50. The van der Waals surface area contributed by atoms with Crippen LogP contribution in [-0.2, 0) is 24.2 Å². The van der Waals surface area contributed by atoms with Gasteiger partial charge in [-0.2, -0.15) is 0 Å². The first-order chi connectivity index (χ1) is 11.7. The topological polar surface area (TPSA) is 43.2 Å². The quantitative estimate of drug-likeness (QED) is 0.855. The van der Waals surface area contributed by atoms with Gasteiger partial charge in [0.15, 0.2) is 0 Å². The van der Waals surface area contributed by atoms with E-state index >= 15 is 0 Å². The second kappa shape index (κ2) is 6.82. The van der Waals surface area contributed by atoms with Crippen LogP contribution in [0.1, 0.15) is 43.1 Å². The third-order valence-electron chi connectivity index (χ3n) is 5.06. The van der Waals surface area contributed by atoms with E-state index < -0.39 is 0 Å². The summed E-state index contributed by atoms with van der Waals surface area (Å²) in [5, 5.41) is 9.58. The molecule has 128 valence electrons. The van der Waals surface area contributed by atoms with Gasteiger partial charge in [0.2, 0.25) is 0 Å². The number of aromatic nitrogens is 3. The third-order valence-corrected chi connectivity index (χ3v) is 5.30. The van der Waals surface area contributed by atoms with Crippen LogP contribution in [-0.4, -0.2) is 38.9 Å². The highest BCUT2D eigenvalue weighted by Gasteiger charge is 2.29. The summed E-state index contributed by atoms with van der Waals surface area (Å²) in [5.41, 5.74) is 1.14. The van der Waals surface area contributed by atoms with E-state index in [1.807, 2.05) is 18.2 Å². The van der Waals surface area contributed by atoms with Gasteiger partial charge in [-0.25, -0.2) is 0 Å². The van der Waals surface area contributed by atoms with Crippen LogP contribution in [0.4, 0.5) is 0 Å². The lowest BCUT2D eigenvalue weighted by molar-refractivity contribution is -0.0644. The van der Waals surface area contributed by atoms with E-state index in [-0.39, 0.29) is 6.10 Å². The summed E-state index contributed by atoms with van der Waals surface area (Å²) in [5.74, 6) is 2.23. The van der Waals surface area contributed by atoms with Crippen molar-refractivity contribution in [2.24, 2.45) is 0 Å². The second-order valence-corrected chi connectivity index (χ2v) is 7.23. The Hall–Kier alpha value is -1.43. The minimum absolute atomic E-state index is 0.0589. The zero-order chi connectivity index (χ0) is 16.5. The highest BCUT2D eigenvalue weighted by molar-refractivity contribution is 6.30. The van der Waals surface area contributed by atoms with E-state index in [1.54, 1.807) is 0 Å². The smallest absolute Gasteiger partial charge is 0.147 e. The number of aryl methyl sites for hydroxylation is 1. The molecule has 1 fully saturated rings. The Bertz CT molecular complexity index is 717. The van der Waals surface area contributed by atoms with Gasteiger partial charge in [-0.15, -0.1) is 10.2 Å². The van der Waals surface area contributed by atoms with Crippen LogP contribution in [0.2, 0.25) is 5.02 Å². The van der Waals surface area contributed by atoms with Gasteiger partial charge in [0.1, 0.15) is 11.6 Å². The van der Waals surface area contributed by atoms with Crippen molar-refractivity contribution in [1.82, 2.24) is 19.7 Å². The Morgan fingerprint density at radius 3 is 3.08 bits per heavy atom. The zero-order valence-electron chi connectivity index (χ0n) is 14.0. The van der Waals surface area contributed by atoms with Crippen molar-refractivity contribution in [1.29, 1.82) is 0 Å². The predicted octanol–water partition coefficient (Wildman–Crippen LogP) is 3.23. The minimum atomic E-state index is 0.0589. The van der Waals surface area contributed by atoms with Gasteiger partial charge < -0.3 is 9.30 Å². The molecule has 4 rings (SSSR count). The normalized spacial score (nSPS) is 24.8. The molecule has 0 amide bonds. The van der Waals surface area contributed by atoms with Crippen LogP contribution in [0.5, 0.6) is 0 Å². The van der Waals surface area contributed by atoms with E-state index in [4.69, 9.17) is 16.3 Å². The molecule has 2 aliphatic heterocycles. The molecule has 0 N–H and O–H groups in total. The van der Waals surface area contributed by atoms with Crippen molar-refractivity contribution in [3.05, 3.63) is 46.5 Å². The number of hydrogen-bond donors (Lipinski definition) is 0. The SMILES string of the molecule is C[C@@H]1CO[C@H](c2cccc(Cl)c2)CN1Cc1nnc2n1CCCC2. The van der Waals surface area contributed by atoms with Crippen molar-refractivity contribution < 1.29 is 4.74 Å². The Kier molecular flexibility index (Phi) is 4.57. The van der Waals surface area contributed by atoms with Crippen molar-refractivity contribution >= 4 is 11.6 Å². The molecular formula is C18H23ClN4O. The summed E-state index contributed by atoms with van der Waals surface area (Å²) in [6, 6.07) is 8.34. The lowest BCUT2D eigenvalue weighted by Gasteiger charge is -2.38. The van der Waals surface area contributed by atoms with Gasteiger partial charge in [0.05, 0.1) is 19.3 Å². The fourth-order valence-electron chi connectivity index (χ4n) is 3.60. The Morgan fingerprint density at radius 1 is 1.29 bits per heavy atom. The third kappa shape index (κ3) is 3.21. The number of benzene rings is 1. The largest absolute Gasteiger partial charge is 0.371 e. The molecule has 0 spiro atoms. The fourth-order valence-corrected chi connectivity index (χ4v) is 3.80. The number of fused-ring (bicyclic) bond motifs is 1. The van der Waals surface area contributed by atoms with E-state index in [1.165, 1.54) is 12.8 Å². The van der Waals surface area contributed by atoms with Crippen LogP contribution in [0, 0.1) is 0 Å². The first kappa shape index (κ1) is 16.1. The maximum Gasteiger partial charge on any atom is 0.147 e. The number of halogens is 1. The van der Waals surface area contributed by atoms with E-state index in [0.717, 1.165) is 54.9 Å². The molecule has 0 aliphatic carbocycles. The van der Waals surface area contributed by atoms with Crippen molar-refractivity contribution in [2.75, 3.05) is 13.2 Å². The number of rotatable bonds is 3. The minimum Gasteiger partial charge on any atom is -0.371 e. The zero-order valence-corrected chi connectivity index (χ0v) is 14.7. The number of nitrogens with zero attached hydrogens (tertiary/aromatic N) is 4. The van der Waals surface area contributed by atoms with Crippen molar-refractivity contribution in [3.8, 4) is 0 Å². The summed E-state index contributed by atoms with van der Waals surface area (Å²) in [6.07, 6.45) is 3.56. The average molecular weight is 347 g/mol. The molecule has 6 heteroatoms. The predicted molar refractivity (Wildman–Crippen MR) is 93.0 cm³/mol. The van der Waals surface area contributed by atoms with Gasteiger partial charge in [-0.3, -0.25) is 4.90 Å². The maximum atomic E-state index is 6.13. The summed E-state index contributed by atoms with van der Waals surface area (Å²) in [6.45, 7) is 5.66. The van der Waals surface area contributed by atoms with Gasteiger partial charge >= 0.3 is 0 Å². The molecule has 0 unspecified atom stereocenters. The van der Waals surface area contributed by atoms with E-state index in [0.29, 0.717) is 6.04 Å². The first-order valence-electron chi connectivity index (χ1n) is 8.73. The monoisotopic (exact) mass is 346 g/mol. The molecule has 1 aromatic heterocycles. The first-order valence-corrected chi connectivity index (χ1v) is 9.10. The number of ether oxygens (including phenoxy) is 1. The molecule has 2 atom stereocenters. The molecule has 1 aromatic carbocycles. The van der Waals surface area contributed by atoms with Gasteiger partial charge in [-0.1, -0.05) is 23.7 Å². The molecule has 0 saturated carbocycles. The molecule has 1 saturated heterocycles. The van der Waals surface area contributed by atoms with Crippen molar-refractivity contribution in [3.63, 3.8) is 0 Å². The van der Waals surface area contributed by atoms with E-state index in [2.05, 4.69) is 32.7 Å². The molecule has 0 bridgehead atoms. The van der Waals surface area contributed by atoms with Crippen LogP contribution >= 0.6 is 11.6 Å². The molecule has 3 heterocycles. The highest BCUT2D eigenvalue weighted by atomic mass is 35.5. The van der Waals surface area contributed by atoms with Crippen molar-refractivity contribution in [2.45, 2.75) is 51.4 Å². The number of hydrogen-bond acceptors (Lipinski definition) is 4.